The standard InChI is InChI=1S/C13H12F3N3/c1-9-3-4-10(7-11(9)13(14,15)16)19-8-12-17-5-2-6-18-12/h2-7,19H,8H2,1H3. The van der Waals surface area contributed by atoms with Gasteiger partial charge in [-0.05, 0) is 30.7 Å². The zero-order chi connectivity index (χ0) is 13.9. The zero-order valence-corrected chi connectivity index (χ0v) is 10.2. The van der Waals surface area contributed by atoms with E-state index in [1.165, 1.54) is 13.0 Å². The Balaban J connectivity index is 2.14. The van der Waals surface area contributed by atoms with E-state index in [9.17, 15) is 13.2 Å². The van der Waals surface area contributed by atoms with Gasteiger partial charge in [0, 0.05) is 18.1 Å². The smallest absolute Gasteiger partial charge is 0.378 e. The van der Waals surface area contributed by atoms with Crippen LogP contribution in [0.15, 0.2) is 36.7 Å². The van der Waals surface area contributed by atoms with E-state index in [-0.39, 0.29) is 12.1 Å². The Labute approximate surface area is 108 Å². The summed E-state index contributed by atoms with van der Waals surface area (Å²) in [5.41, 5.74) is -0.0362. The van der Waals surface area contributed by atoms with Gasteiger partial charge in [0.25, 0.3) is 0 Å². The summed E-state index contributed by atoms with van der Waals surface area (Å²) in [5.74, 6) is 0.525. The molecule has 2 aromatic rings. The van der Waals surface area contributed by atoms with Gasteiger partial charge in [-0.25, -0.2) is 9.97 Å². The first-order valence-electron chi connectivity index (χ1n) is 5.64. The molecule has 0 amide bonds. The van der Waals surface area contributed by atoms with Crippen molar-refractivity contribution in [3.05, 3.63) is 53.6 Å². The van der Waals surface area contributed by atoms with Crippen molar-refractivity contribution in [2.75, 3.05) is 5.32 Å². The van der Waals surface area contributed by atoms with Crippen molar-refractivity contribution in [2.24, 2.45) is 0 Å². The molecule has 3 nitrogen and oxygen atoms in total. The Morgan fingerprint density at radius 1 is 1.16 bits per heavy atom. The van der Waals surface area contributed by atoms with E-state index in [4.69, 9.17) is 0 Å². The molecule has 0 saturated carbocycles. The quantitative estimate of drug-likeness (QED) is 0.926. The van der Waals surface area contributed by atoms with Crippen LogP contribution in [0.1, 0.15) is 17.0 Å². The van der Waals surface area contributed by atoms with Crippen LogP contribution in [0.2, 0.25) is 0 Å². The van der Waals surface area contributed by atoms with Crippen LogP contribution < -0.4 is 5.32 Å². The molecule has 0 bridgehead atoms. The fourth-order valence-corrected chi connectivity index (χ4v) is 1.64. The van der Waals surface area contributed by atoms with Crippen molar-refractivity contribution < 1.29 is 13.2 Å². The number of hydrogen-bond acceptors (Lipinski definition) is 3. The molecule has 1 aromatic carbocycles. The molecule has 0 aliphatic carbocycles. The SMILES string of the molecule is Cc1ccc(NCc2ncccn2)cc1C(F)(F)F. The van der Waals surface area contributed by atoms with Crippen LogP contribution in [0.3, 0.4) is 0 Å². The molecule has 0 fully saturated rings. The third-order valence-corrected chi connectivity index (χ3v) is 2.61. The van der Waals surface area contributed by atoms with E-state index >= 15 is 0 Å². The highest BCUT2D eigenvalue weighted by Gasteiger charge is 2.32. The predicted molar refractivity (Wildman–Crippen MR) is 65.5 cm³/mol. The van der Waals surface area contributed by atoms with E-state index in [2.05, 4.69) is 15.3 Å². The van der Waals surface area contributed by atoms with Gasteiger partial charge in [-0.3, -0.25) is 0 Å². The minimum atomic E-state index is -4.34. The summed E-state index contributed by atoms with van der Waals surface area (Å²) in [5, 5.41) is 2.88. The van der Waals surface area contributed by atoms with Gasteiger partial charge in [0.05, 0.1) is 12.1 Å². The second kappa shape index (κ2) is 5.26. The molecule has 0 aliphatic heterocycles. The van der Waals surface area contributed by atoms with Gasteiger partial charge in [0.15, 0.2) is 0 Å². The van der Waals surface area contributed by atoms with Gasteiger partial charge >= 0.3 is 6.18 Å². The van der Waals surface area contributed by atoms with Crippen LogP contribution in [0.25, 0.3) is 0 Å². The molecular formula is C13H12F3N3. The molecule has 0 atom stereocenters. The van der Waals surface area contributed by atoms with Gasteiger partial charge < -0.3 is 5.32 Å². The molecule has 0 saturated heterocycles. The number of alkyl halides is 3. The van der Waals surface area contributed by atoms with Crippen LogP contribution in [-0.2, 0) is 12.7 Å². The number of aromatic nitrogens is 2. The summed E-state index contributed by atoms with van der Waals surface area (Å²) < 4.78 is 38.2. The second-order valence-electron chi connectivity index (χ2n) is 4.05. The Morgan fingerprint density at radius 3 is 2.47 bits per heavy atom. The summed E-state index contributed by atoms with van der Waals surface area (Å²) in [6.07, 6.45) is -1.17. The summed E-state index contributed by atoms with van der Waals surface area (Å²) in [4.78, 5) is 7.97. The average Bonchev–Trinajstić information content (AvgIpc) is 2.37. The van der Waals surface area contributed by atoms with Crippen molar-refractivity contribution >= 4 is 5.69 Å². The molecule has 0 aliphatic rings. The van der Waals surface area contributed by atoms with E-state index in [0.717, 1.165) is 6.07 Å². The van der Waals surface area contributed by atoms with Gasteiger partial charge in [-0.2, -0.15) is 13.2 Å². The lowest BCUT2D eigenvalue weighted by molar-refractivity contribution is -0.138. The van der Waals surface area contributed by atoms with Gasteiger partial charge in [-0.15, -0.1) is 0 Å². The van der Waals surface area contributed by atoms with Crippen molar-refractivity contribution in [1.29, 1.82) is 0 Å². The number of benzene rings is 1. The summed E-state index contributed by atoms with van der Waals surface area (Å²) in [6.45, 7) is 1.72. The maximum atomic E-state index is 12.7. The number of nitrogens with one attached hydrogen (secondary N) is 1. The number of aryl methyl sites for hydroxylation is 1. The molecule has 1 heterocycles. The Bertz CT molecular complexity index is 553. The molecular weight excluding hydrogens is 255 g/mol. The molecule has 0 spiro atoms. The lowest BCUT2D eigenvalue weighted by Crippen LogP contribution is -2.09. The Kier molecular flexibility index (Phi) is 3.69. The molecule has 1 N–H and O–H groups in total. The maximum absolute atomic E-state index is 12.7. The summed E-state index contributed by atoms with van der Waals surface area (Å²) in [6, 6.07) is 5.82. The van der Waals surface area contributed by atoms with Crippen LogP contribution in [0, 0.1) is 6.92 Å². The molecule has 2 rings (SSSR count). The number of anilines is 1. The highest BCUT2D eigenvalue weighted by Crippen LogP contribution is 2.33. The molecule has 0 radical (unpaired) electrons. The molecule has 100 valence electrons. The number of hydrogen-bond donors (Lipinski definition) is 1. The van der Waals surface area contributed by atoms with Gasteiger partial charge in [-0.1, -0.05) is 6.07 Å². The van der Waals surface area contributed by atoms with Gasteiger partial charge in [0.2, 0.25) is 0 Å². The highest BCUT2D eigenvalue weighted by molar-refractivity contribution is 5.49. The van der Waals surface area contributed by atoms with E-state index < -0.39 is 11.7 Å². The van der Waals surface area contributed by atoms with Crippen molar-refractivity contribution in [3.63, 3.8) is 0 Å². The molecule has 19 heavy (non-hydrogen) atoms. The zero-order valence-electron chi connectivity index (χ0n) is 10.2. The maximum Gasteiger partial charge on any atom is 0.416 e. The van der Waals surface area contributed by atoms with E-state index in [1.807, 2.05) is 0 Å². The number of halogens is 3. The third kappa shape index (κ3) is 3.43. The largest absolute Gasteiger partial charge is 0.416 e. The predicted octanol–water partition coefficient (Wildman–Crippen LogP) is 3.42. The molecule has 0 unspecified atom stereocenters. The Hall–Kier alpha value is -2.11. The van der Waals surface area contributed by atoms with Gasteiger partial charge in [0.1, 0.15) is 5.82 Å². The second-order valence-corrected chi connectivity index (χ2v) is 4.05. The topological polar surface area (TPSA) is 37.8 Å². The third-order valence-electron chi connectivity index (χ3n) is 2.61. The first-order valence-corrected chi connectivity index (χ1v) is 5.64. The fraction of sp³-hybridized carbons (Fsp3) is 0.231. The normalized spacial score (nSPS) is 11.4. The first kappa shape index (κ1) is 13.3. The van der Waals surface area contributed by atoms with Crippen molar-refractivity contribution in [3.8, 4) is 0 Å². The first-order chi connectivity index (χ1) is 8.97. The molecule has 6 heteroatoms. The van der Waals surface area contributed by atoms with Crippen molar-refractivity contribution in [2.45, 2.75) is 19.6 Å². The lowest BCUT2D eigenvalue weighted by atomic mass is 10.1. The summed E-state index contributed by atoms with van der Waals surface area (Å²) in [7, 11) is 0. The highest BCUT2D eigenvalue weighted by atomic mass is 19.4. The van der Waals surface area contributed by atoms with Crippen LogP contribution >= 0.6 is 0 Å². The minimum absolute atomic E-state index is 0.203. The van der Waals surface area contributed by atoms with E-state index in [0.29, 0.717) is 11.5 Å². The van der Waals surface area contributed by atoms with Crippen LogP contribution in [0.4, 0.5) is 18.9 Å². The average molecular weight is 267 g/mol. The minimum Gasteiger partial charge on any atom is -0.378 e. The Morgan fingerprint density at radius 2 is 1.84 bits per heavy atom. The lowest BCUT2D eigenvalue weighted by Gasteiger charge is -2.13. The van der Waals surface area contributed by atoms with Crippen LogP contribution in [0.5, 0.6) is 0 Å². The molecule has 1 aromatic heterocycles. The number of rotatable bonds is 3. The monoisotopic (exact) mass is 267 g/mol. The van der Waals surface area contributed by atoms with Crippen LogP contribution in [-0.4, -0.2) is 9.97 Å². The summed E-state index contributed by atoms with van der Waals surface area (Å²) >= 11 is 0. The number of nitrogens with zero attached hydrogens (tertiary/aromatic N) is 2. The van der Waals surface area contributed by atoms with E-state index in [1.54, 1.807) is 24.5 Å². The fourth-order valence-electron chi connectivity index (χ4n) is 1.64. The van der Waals surface area contributed by atoms with Crippen molar-refractivity contribution in [1.82, 2.24) is 9.97 Å².